The van der Waals surface area contributed by atoms with E-state index in [0.29, 0.717) is 18.9 Å². The molecule has 39 heavy (non-hydrogen) atoms. The van der Waals surface area contributed by atoms with E-state index in [0.717, 1.165) is 51.9 Å². The minimum atomic E-state index is -0.668. The van der Waals surface area contributed by atoms with Crippen molar-refractivity contribution < 1.29 is 18.8 Å². The van der Waals surface area contributed by atoms with Crippen molar-refractivity contribution in [1.82, 2.24) is 10.5 Å². The van der Waals surface area contributed by atoms with E-state index in [4.69, 9.17) is 9.26 Å². The highest BCUT2D eigenvalue weighted by atomic mass is 16.5. The summed E-state index contributed by atoms with van der Waals surface area (Å²) < 4.78 is 11.0. The monoisotopic (exact) mass is 522 g/mol. The molecule has 0 bridgehead atoms. The number of esters is 1. The molecule has 1 amide bonds. The number of aromatic nitrogens is 1. The quantitative estimate of drug-likeness (QED) is 0.254. The van der Waals surface area contributed by atoms with Crippen molar-refractivity contribution in [2.45, 2.75) is 57.9 Å². The van der Waals surface area contributed by atoms with Gasteiger partial charge in [-0.3, -0.25) is 9.59 Å². The van der Waals surface area contributed by atoms with E-state index in [9.17, 15) is 9.59 Å². The molecule has 5 rings (SSSR count). The highest BCUT2D eigenvalue weighted by Crippen LogP contribution is 2.49. The topological polar surface area (TPSA) is 81.4 Å². The summed E-state index contributed by atoms with van der Waals surface area (Å²) in [5, 5.41) is 7.25. The van der Waals surface area contributed by atoms with E-state index < -0.39 is 10.8 Å². The fraction of sp³-hybridized carbons (Fsp3) is 0.303. The zero-order valence-electron chi connectivity index (χ0n) is 22.9. The van der Waals surface area contributed by atoms with Crippen LogP contribution < -0.4 is 5.32 Å². The summed E-state index contributed by atoms with van der Waals surface area (Å²) in [7, 11) is 0. The van der Waals surface area contributed by atoms with Crippen molar-refractivity contribution in [1.29, 1.82) is 0 Å². The van der Waals surface area contributed by atoms with E-state index in [1.807, 2.05) is 94.4 Å². The van der Waals surface area contributed by atoms with Crippen LogP contribution in [0.3, 0.4) is 0 Å². The maximum absolute atomic E-state index is 13.1. The molecule has 0 unspecified atom stereocenters. The van der Waals surface area contributed by atoms with Crippen LogP contribution in [0.1, 0.15) is 56.0 Å². The Labute approximate surface area is 229 Å². The molecule has 1 aliphatic rings. The number of carbonyl (C=O) groups is 2. The predicted octanol–water partition coefficient (Wildman–Crippen LogP) is 6.51. The van der Waals surface area contributed by atoms with Gasteiger partial charge in [0, 0.05) is 17.7 Å². The normalized spacial score (nSPS) is 14.1. The molecule has 1 saturated carbocycles. The van der Waals surface area contributed by atoms with Gasteiger partial charge in [-0.15, -0.1) is 0 Å². The first kappa shape index (κ1) is 26.4. The Balaban J connectivity index is 1.30. The Kier molecular flexibility index (Phi) is 7.13. The second-order valence-electron chi connectivity index (χ2n) is 10.7. The molecular formula is C33H34N2O4. The SMILES string of the molecule is CCOC(=O)C1(c2ccc(-c3ccc(-c4onc(C)c4CNC(=O)C(C)(C)c4ccccc4)cc3)cc2)CC1. The third-order valence-corrected chi connectivity index (χ3v) is 7.81. The first-order chi connectivity index (χ1) is 18.8. The highest BCUT2D eigenvalue weighted by molar-refractivity contribution is 5.88. The molecular weight excluding hydrogens is 488 g/mol. The lowest BCUT2D eigenvalue weighted by atomic mass is 9.83. The van der Waals surface area contributed by atoms with Crippen LogP contribution in [0.15, 0.2) is 83.4 Å². The summed E-state index contributed by atoms with van der Waals surface area (Å²) in [5.74, 6) is 0.465. The molecule has 6 heteroatoms. The molecule has 1 heterocycles. The summed E-state index contributed by atoms with van der Waals surface area (Å²) in [6.45, 7) is 8.29. The van der Waals surface area contributed by atoms with Crippen molar-refractivity contribution >= 4 is 11.9 Å². The van der Waals surface area contributed by atoms with Gasteiger partial charge in [-0.1, -0.05) is 84.0 Å². The first-order valence-corrected chi connectivity index (χ1v) is 13.4. The van der Waals surface area contributed by atoms with Crippen LogP contribution in [-0.2, 0) is 31.7 Å². The van der Waals surface area contributed by atoms with Gasteiger partial charge < -0.3 is 14.6 Å². The Morgan fingerprint density at radius 2 is 1.51 bits per heavy atom. The number of carbonyl (C=O) groups excluding carboxylic acids is 2. The fourth-order valence-corrected chi connectivity index (χ4v) is 5.00. The first-order valence-electron chi connectivity index (χ1n) is 13.4. The number of ether oxygens (including phenoxy) is 1. The molecule has 200 valence electrons. The molecule has 1 fully saturated rings. The number of amides is 1. The lowest BCUT2D eigenvalue weighted by Crippen LogP contribution is -2.39. The molecule has 0 aliphatic heterocycles. The van der Waals surface area contributed by atoms with Gasteiger partial charge in [0.2, 0.25) is 5.91 Å². The minimum absolute atomic E-state index is 0.0602. The van der Waals surface area contributed by atoms with Crippen molar-refractivity contribution in [3.05, 3.63) is 101 Å². The minimum Gasteiger partial charge on any atom is -0.465 e. The van der Waals surface area contributed by atoms with Gasteiger partial charge in [-0.2, -0.15) is 0 Å². The third-order valence-electron chi connectivity index (χ3n) is 7.81. The van der Waals surface area contributed by atoms with Crippen LogP contribution in [0.25, 0.3) is 22.5 Å². The van der Waals surface area contributed by atoms with Crippen LogP contribution in [-0.4, -0.2) is 23.6 Å². The molecule has 6 nitrogen and oxygen atoms in total. The van der Waals surface area contributed by atoms with Gasteiger partial charge in [0.1, 0.15) is 0 Å². The fourth-order valence-electron chi connectivity index (χ4n) is 5.00. The van der Waals surface area contributed by atoms with Crippen LogP contribution in [0, 0.1) is 6.92 Å². The summed E-state index contributed by atoms with van der Waals surface area (Å²) >= 11 is 0. The van der Waals surface area contributed by atoms with Crippen LogP contribution in [0.4, 0.5) is 0 Å². The van der Waals surface area contributed by atoms with Gasteiger partial charge in [0.25, 0.3) is 0 Å². The van der Waals surface area contributed by atoms with Crippen molar-refractivity contribution in [2.75, 3.05) is 6.61 Å². The Hall–Kier alpha value is -4.19. The molecule has 4 aromatic rings. The average molecular weight is 523 g/mol. The molecule has 0 radical (unpaired) electrons. The number of hydrogen-bond donors (Lipinski definition) is 1. The van der Waals surface area contributed by atoms with Crippen molar-refractivity contribution in [3.63, 3.8) is 0 Å². The van der Waals surface area contributed by atoms with Gasteiger partial charge in [0.15, 0.2) is 5.76 Å². The molecule has 1 aromatic heterocycles. The molecule has 1 aliphatic carbocycles. The summed E-state index contributed by atoms with van der Waals surface area (Å²) in [6, 6.07) is 26.0. The van der Waals surface area contributed by atoms with E-state index in [1.165, 1.54) is 0 Å². The summed E-state index contributed by atoms with van der Waals surface area (Å²) in [4.78, 5) is 25.5. The highest BCUT2D eigenvalue weighted by Gasteiger charge is 2.52. The zero-order chi connectivity index (χ0) is 27.6. The number of nitrogens with one attached hydrogen (secondary N) is 1. The van der Waals surface area contributed by atoms with Gasteiger partial charge in [-0.25, -0.2) is 0 Å². The third kappa shape index (κ3) is 5.11. The van der Waals surface area contributed by atoms with Crippen LogP contribution >= 0.6 is 0 Å². The van der Waals surface area contributed by atoms with E-state index in [-0.39, 0.29) is 11.9 Å². The smallest absolute Gasteiger partial charge is 0.316 e. The van der Waals surface area contributed by atoms with Gasteiger partial charge >= 0.3 is 5.97 Å². The van der Waals surface area contributed by atoms with E-state index >= 15 is 0 Å². The molecule has 3 aromatic carbocycles. The lowest BCUT2D eigenvalue weighted by molar-refractivity contribution is -0.146. The van der Waals surface area contributed by atoms with Crippen LogP contribution in [0.2, 0.25) is 0 Å². The molecule has 0 atom stereocenters. The second kappa shape index (κ2) is 10.5. The number of hydrogen-bond acceptors (Lipinski definition) is 5. The Morgan fingerprint density at radius 1 is 0.923 bits per heavy atom. The predicted molar refractivity (Wildman–Crippen MR) is 151 cm³/mol. The van der Waals surface area contributed by atoms with Crippen molar-refractivity contribution in [2.24, 2.45) is 0 Å². The maximum atomic E-state index is 13.1. The summed E-state index contributed by atoms with van der Waals surface area (Å²) in [5.41, 5.74) is 5.46. The number of nitrogens with zero attached hydrogens (tertiary/aromatic N) is 1. The summed E-state index contributed by atoms with van der Waals surface area (Å²) in [6.07, 6.45) is 1.67. The molecule has 0 saturated heterocycles. The average Bonchev–Trinajstić information content (AvgIpc) is 3.70. The van der Waals surface area contributed by atoms with E-state index in [1.54, 1.807) is 0 Å². The van der Waals surface area contributed by atoms with Crippen molar-refractivity contribution in [3.8, 4) is 22.5 Å². The van der Waals surface area contributed by atoms with E-state index in [2.05, 4.69) is 22.6 Å². The number of benzene rings is 3. The largest absolute Gasteiger partial charge is 0.465 e. The van der Waals surface area contributed by atoms with Crippen LogP contribution in [0.5, 0.6) is 0 Å². The lowest BCUT2D eigenvalue weighted by Gasteiger charge is -2.24. The molecule has 0 spiro atoms. The maximum Gasteiger partial charge on any atom is 0.316 e. The number of rotatable bonds is 9. The Morgan fingerprint density at radius 3 is 2.10 bits per heavy atom. The zero-order valence-corrected chi connectivity index (χ0v) is 22.9. The number of aryl methyl sites for hydroxylation is 1. The standard InChI is InChI=1S/C33H34N2O4/c1-5-38-31(37)33(19-20-33)27-17-15-24(16-18-27)23-11-13-25(14-12-23)29-28(22(2)35-39-29)21-34-30(36)32(3,4)26-9-7-6-8-10-26/h6-18H,5,19-21H2,1-4H3,(H,34,36). The molecule has 1 N–H and O–H groups in total. The second-order valence-corrected chi connectivity index (χ2v) is 10.7. The van der Waals surface area contributed by atoms with Gasteiger partial charge in [0.05, 0.1) is 23.1 Å². The Bertz CT molecular complexity index is 1460. The van der Waals surface area contributed by atoms with Gasteiger partial charge in [-0.05, 0) is 62.8 Å².